The van der Waals surface area contributed by atoms with Crippen LogP contribution in [-0.4, -0.2) is 140 Å². The number of aromatic nitrogens is 1. The molecule has 0 spiro atoms. The van der Waals surface area contributed by atoms with Gasteiger partial charge >= 0.3 is 5.97 Å². The molecular weight excluding hydrogens is 1110 g/mol. The second-order valence-corrected chi connectivity index (χ2v) is 22.6. The molecule has 25 heteroatoms. The van der Waals surface area contributed by atoms with Crippen LogP contribution in [0.2, 0.25) is 0 Å². The van der Waals surface area contributed by atoms with Crippen LogP contribution in [0.25, 0.3) is 21.7 Å². The van der Waals surface area contributed by atoms with Crippen molar-refractivity contribution >= 4 is 96.5 Å². The van der Waals surface area contributed by atoms with Crippen molar-refractivity contribution in [2.24, 2.45) is 17.2 Å². The molecule has 0 bridgehead atoms. The topological polar surface area (TPSA) is 392 Å². The number of aromatic amines is 1. The molecule has 7 rings (SSSR count). The molecule has 0 saturated carbocycles. The fourth-order valence-electron chi connectivity index (χ4n) is 9.23. The number of carbonyl (C=O) groups excluding carboxylic acids is 8. The Morgan fingerprint density at radius 2 is 1.33 bits per heavy atom. The summed E-state index contributed by atoms with van der Waals surface area (Å²) in [6, 6.07) is 21.1. The summed E-state index contributed by atoms with van der Waals surface area (Å²) in [6.45, 7) is 1.43. The molecule has 8 amide bonds. The Labute approximate surface area is 485 Å². The summed E-state index contributed by atoms with van der Waals surface area (Å²) < 4.78 is 0. The Morgan fingerprint density at radius 3 is 2.01 bits per heavy atom. The summed E-state index contributed by atoms with van der Waals surface area (Å²) >= 11 is 0. The van der Waals surface area contributed by atoms with Crippen LogP contribution in [0.1, 0.15) is 58.8 Å². The number of unbranched alkanes of at least 4 members (excludes halogenated alkanes) is 1. The highest BCUT2D eigenvalue weighted by Gasteiger charge is 2.37. The van der Waals surface area contributed by atoms with Crippen LogP contribution in [0, 0.1) is 0 Å². The van der Waals surface area contributed by atoms with Gasteiger partial charge in [0.1, 0.15) is 42.0 Å². The fraction of sp³-hybridized carbons (Fsp3) is 0.328. The summed E-state index contributed by atoms with van der Waals surface area (Å²) in [6.07, 6.45) is 0.0508. The first kappa shape index (κ1) is 62.1. The molecule has 1 aliphatic rings. The number of carboxylic acids is 1. The zero-order valence-corrected chi connectivity index (χ0v) is 46.8. The number of carbonyl (C=O) groups is 9. The molecule has 2 heterocycles. The normalized spacial score (nSPS) is 20.6. The Kier molecular flexibility index (Phi) is 22.1. The molecule has 1 aromatic heterocycles. The van der Waals surface area contributed by atoms with E-state index in [9.17, 15) is 58.5 Å². The summed E-state index contributed by atoms with van der Waals surface area (Å²) in [4.78, 5) is 130. The minimum atomic E-state index is -1.79. The number of rotatable bonds is 19. The van der Waals surface area contributed by atoms with Crippen LogP contribution >= 0.6 is 21.6 Å². The lowest BCUT2D eigenvalue weighted by atomic mass is 10.0. The predicted molar refractivity (Wildman–Crippen MR) is 314 cm³/mol. The van der Waals surface area contributed by atoms with Crippen LogP contribution in [0.4, 0.5) is 0 Å². The lowest BCUT2D eigenvalue weighted by Gasteiger charge is -2.28. The molecule has 6 aromatic rings. The monoisotopic (exact) mass is 1170 g/mol. The number of benzene rings is 5. The van der Waals surface area contributed by atoms with Gasteiger partial charge in [-0.2, -0.15) is 0 Å². The number of H-pyrrole nitrogens is 1. The van der Waals surface area contributed by atoms with Gasteiger partial charge in [-0.1, -0.05) is 107 Å². The number of phenols is 1. The van der Waals surface area contributed by atoms with Gasteiger partial charge in [0.2, 0.25) is 41.4 Å². The van der Waals surface area contributed by atoms with E-state index in [-0.39, 0.29) is 50.0 Å². The summed E-state index contributed by atoms with van der Waals surface area (Å²) in [5.41, 5.74) is 20.7. The van der Waals surface area contributed by atoms with Gasteiger partial charge in [-0.3, -0.25) is 38.4 Å². The number of aliphatic hydroxyl groups is 1. The summed E-state index contributed by atoms with van der Waals surface area (Å²) in [5, 5.41) is 50.8. The van der Waals surface area contributed by atoms with Crippen molar-refractivity contribution in [2.45, 2.75) is 106 Å². The number of amides is 8. The van der Waals surface area contributed by atoms with Gasteiger partial charge in [-0.05, 0) is 103 Å². The zero-order valence-electron chi connectivity index (χ0n) is 45.2. The zero-order chi connectivity index (χ0) is 59.7. The number of para-hydroxylation sites is 1. The van der Waals surface area contributed by atoms with E-state index in [1.807, 2.05) is 42.5 Å². The maximum atomic E-state index is 14.9. The number of nitrogens with two attached hydrogens (primary N) is 3. The highest BCUT2D eigenvalue weighted by molar-refractivity contribution is 8.77. The van der Waals surface area contributed by atoms with Crippen LogP contribution in [0.3, 0.4) is 0 Å². The molecule has 17 N–H and O–H groups in total. The van der Waals surface area contributed by atoms with Gasteiger partial charge in [0, 0.05) is 47.7 Å². The highest BCUT2D eigenvalue weighted by atomic mass is 33.1. The molecule has 0 aliphatic carbocycles. The van der Waals surface area contributed by atoms with Crippen molar-refractivity contribution in [3.8, 4) is 5.75 Å². The van der Waals surface area contributed by atoms with Crippen molar-refractivity contribution in [2.75, 3.05) is 12.3 Å². The number of aliphatic hydroxyl groups excluding tert-OH is 1. The lowest BCUT2D eigenvalue weighted by Crippen LogP contribution is -2.61. The maximum absolute atomic E-state index is 14.9. The number of phenolic OH excluding ortho intramolecular Hbond substituents is 1. The third kappa shape index (κ3) is 17.5. The first-order valence-corrected chi connectivity index (χ1v) is 29.1. The van der Waals surface area contributed by atoms with E-state index in [2.05, 4.69) is 42.2 Å². The Balaban J connectivity index is 1.27. The van der Waals surface area contributed by atoms with Crippen LogP contribution < -0.4 is 54.4 Å². The third-order valence-electron chi connectivity index (χ3n) is 13.8. The number of primary amides is 1. The van der Waals surface area contributed by atoms with Crippen molar-refractivity contribution < 1.29 is 58.5 Å². The minimum absolute atomic E-state index is 0.0279. The van der Waals surface area contributed by atoms with Crippen molar-refractivity contribution in [3.05, 3.63) is 149 Å². The molecule has 1 fully saturated rings. The maximum Gasteiger partial charge on any atom is 0.326 e. The van der Waals surface area contributed by atoms with Crippen molar-refractivity contribution in [1.29, 1.82) is 0 Å². The third-order valence-corrected chi connectivity index (χ3v) is 16.3. The number of fused-ring (bicyclic) bond motifs is 2. The van der Waals surface area contributed by atoms with Gasteiger partial charge in [-0.15, -0.1) is 0 Å². The average molecular weight is 1170 g/mol. The number of nitrogens with one attached hydrogen (secondary N) is 8. The van der Waals surface area contributed by atoms with Crippen LogP contribution in [-0.2, 0) is 64.0 Å². The lowest BCUT2D eigenvalue weighted by molar-refractivity contribution is -0.142. The molecule has 1 aliphatic heterocycles. The summed E-state index contributed by atoms with van der Waals surface area (Å²) in [7, 11) is 1.41. The average Bonchev–Trinajstić information content (AvgIpc) is 4.18. The van der Waals surface area contributed by atoms with E-state index in [4.69, 9.17) is 17.2 Å². The van der Waals surface area contributed by atoms with Crippen LogP contribution in [0.5, 0.6) is 5.75 Å². The Bertz CT molecular complexity index is 3310. The van der Waals surface area contributed by atoms with Crippen molar-refractivity contribution in [3.63, 3.8) is 0 Å². The first-order chi connectivity index (χ1) is 39.8. The second kappa shape index (κ2) is 29.5. The number of hydrogen-bond acceptors (Lipinski definition) is 15. The quantitative estimate of drug-likeness (QED) is 0.0398. The van der Waals surface area contributed by atoms with Gasteiger partial charge < -0.3 is 74.7 Å². The molecule has 9 atom stereocenters. The van der Waals surface area contributed by atoms with Gasteiger partial charge in [-0.25, -0.2) is 4.79 Å². The van der Waals surface area contributed by atoms with E-state index in [0.717, 1.165) is 27.1 Å². The molecular formula is C58H67N11O12S2. The second-order valence-electron chi connectivity index (χ2n) is 20.1. The molecule has 5 aromatic carbocycles. The standard InChI is InChI=1S/C58H67N11O12S2/c1-31(70)48-55(78)69-57(56(79)66-46(58(80)81)27-34-15-18-35-8-2-3-9-37(35)24-34)83-82-30-47(67-50(73)41(60)25-32-13-19-36(20-14-32)49(61)72)54(77)64-44(26-33-16-21-39(71)22-17-33)52(75)65-45(28-38-29-62-42-11-5-4-10-40(38)42)53(76)63-43(51(74)68-48)12-6-7-23-59/h2-5,8-11,13-22,24,29,31,41,43-48,57,62,70-71H,6-7,12,23,25-28,30,59-60H2,1H3,(H2,61,72)(H,63,76)(H,64,77)(H,65,75)(H,66,79)(H,67,73)(H,68,74)(H,69,78)(H,80,81)/t31-,41+,43+,44+,45-,46+,47-,48+,57-/m1/s1. The molecule has 23 nitrogen and oxygen atoms in total. The van der Waals surface area contributed by atoms with Gasteiger partial charge in [0.25, 0.3) is 5.91 Å². The molecule has 83 heavy (non-hydrogen) atoms. The largest absolute Gasteiger partial charge is 0.508 e. The van der Waals surface area contributed by atoms with Gasteiger partial charge in [0.15, 0.2) is 5.37 Å². The van der Waals surface area contributed by atoms with E-state index >= 15 is 0 Å². The Hall–Kier alpha value is -8.49. The number of aliphatic carboxylic acids is 1. The highest BCUT2D eigenvalue weighted by Crippen LogP contribution is 2.28. The predicted octanol–water partition coefficient (Wildman–Crippen LogP) is 1.06. The van der Waals surface area contributed by atoms with E-state index in [1.54, 1.807) is 42.6 Å². The van der Waals surface area contributed by atoms with Crippen molar-refractivity contribution in [1.82, 2.24) is 42.2 Å². The molecule has 0 unspecified atom stereocenters. The number of hydrogen-bond donors (Lipinski definition) is 14. The SMILES string of the molecule is C[C@@H](O)[C@@H]1NC(=O)[C@H](CCCCN)NC(=O)[C@@H](Cc2c[nH]c3ccccc23)NC(=O)[C@H](Cc2ccc(O)cc2)NC(=O)[C@H](NC(=O)[C@@H](N)Cc2ccc(C(N)=O)cc2)CSS[C@H](C(=O)N[C@@H](Cc2ccc3ccccc3c2)C(=O)O)NC1=O. The molecule has 1 saturated heterocycles. The number of aromatic hydroxyl groups is 1. The molecule has 438 valence electrons. The van der Waals surface area contributed by atoms with Crippen LogP contribution in [0.15, 0.2) is 121 Å². The Morgan fingerprint density at radius 1 is 0.699 bits per heavy atom. The smallest absolute Gasteiger partial charge is 0.326 e. The van der Waals surface area contributed by atoms with E-state index in [1.165, 1.54) is 43.3 Å². The first-order valence-electron chi connectivity index (χ1n) is 26.7. The van der Waals surface area contributed by atoms with E-state index < -0.39 is 113 Å². The summed E-state index contributed by atoms with van der Waals surface area (Å²) in [5.74, 6) is -9.20. The fourth-order valence-corrected chi connectivity index (χ4v) is 11.6. The minimum Gasteiger partial charge on any atom is -0.508 e. The number of carboxylic acid groups (broad SMARTS) is 1. The van der Waals surface area contributed by atoms with Gasteiger partial charge in [0.05, 0.1) is 12.1 Å². The molecule has 0 radical (unpaired) electrons. The van der Waals surface area contributed by atoms with E-state index in [0.29, 0.717) is 51.3 Å².